The first kappa shape index (κ1) is 17.5. The number of benzene rings is 2. The lowest BCUT2D eigenvalue weighted by atomic mass is 9.99. The molecule has 0 saturated heterocycles. The molecule has 0 fully saturated rings. The largest absolute Gasteiger partial charge is 0.398 e. The highest BCUT2D eigenvalue weighted by atomic mass is 32.2. The van der Waals surface area contributed by atoms with Crippen molar-refractivity contribution in [1.29, 1.82) is 0 Å². The zero-order valence-electron chi connectivity index (χ0n) is 14.8. The monoisotopic (exact) mass is 384 g/mol. The van der Waals surface area contributed by atoms with Crippen LogP contribution in [0.3, 0.4) is 0 Å². The zero-order chi connectivity index (χ0) is 19.2. The highest BCUT2D eigenvalue weighted by Gasteiger charge is 2.32. The van der Waals surface area contributed by atoms with E-state index in [0.29, 0.717) is 17.8 Å². The van der Waals surface area contributed by atoms with E-state index in [2.05, 4.69) is 9.71 Å². The lowest BCUT2D eigenvalue weighted by Gasteiger charge is -2.31. The van der Waals surface area contributed by atoms with E-state index in [4.69, 9.17) is 5.73 Å². The van der Waals surface area contributed by atoms with Crippen LogP contribution >= 0.6 is 0 Å². The summed E-state index contributed by atoms with van der Waals surface area (Å²) in [5, 5.41) is 0. The van der Waals surface area contributed by atoms with E-state index in [1.54, 1.807) is 30.0 Å². The Morgan fingerprint density at radius 3 is 2.81 bits per heavy atom. The van der Waals surface area contributed by atoms with Gasteiger partial charge in [-0.05, 0) is 49.6 Å². The lowest BCUT2D eigenvalue weighted by Crippen LogP contribution is -2.41. The molecule has 3 N–H and O–H groups in total. The third-order valence-electron chi connectivity index (χ3n) is 4.90. The normalized spacial score (nSPS) is 19.9. The van der Waals surface area contributed by atoms with Gasteiger partial charge in [-0.3, -0.25) is 14.5 Å². The number of nitrogens with two attached hydrogens (primary N) is 1. The Morgan fingerprint density at radius 2 is 2.00 bits per heavy atom. The number of hydrogen-bond acceptors (Lipinski definition) is 5. The second-order valence-corrected chi connectivity index (χ2v) is 8.34. The Balaban J connectivity index is 1.66. The van der Waals surface area contributed by atoms with Crippen molar-refractivity contribution in [1.82, 2.24) is 4.72 Å². The van der Waals surface area contributed by atoms with E-state index in [9.17, 15) is 13.2 Å². The predicted octanol–water partition coefficient (Wildman–Crippen LogP) is 1.68. The number of anilines is 2. The van der Waals surface area contributed by atoms with Crippen LogP contribution in [0.25, 0.3) is 0 Å². The minimum absolute atomic E-state index is 0.180. The van der Waals surface area contributed by atoms with Gasteiger partial charge in [0.1, 0.15) is 11.9 Å². The van der Waals surface area contributed by atoms with Gasteiger partial charge in [-0.25, -0.2) is 8.42 Å². The highest BCUT2D eigenvalue weighted by molar-refractivity contribution is 7.90. The summed E-state index contributed by atoms with van der Waals surface area (Å²) in [4.78, 5) is 19.3. The van der Waals surface area contributed by atoms with Crippen molar-refractivity contribution in [2.45, 2.75) is 30.7 Å². The smallest absolute Gasteiger partial charge is 0.263 e. The van der Waals surface area contributed by atoms with Crippen LogP contribution < -0.4 is 15.4 Å². The Bertz CT molecular complexity index is 1060. The maximum Gasteiger partial charge on any atom is 0.263 e. The summed E-state index contributed by atoms with van der Waals surface area (Å²) in [6.45, 7) is 2.26. The summed E-state index contributed by atoms with van der Waals surface area (Å²) in [6, 6.07) is 11.4. The Labute approximate surface area is 157 Å². The zero-order valence-corrected chi connectivity index (χ0v) is 15.7. The van der Waals surface area contributed by atoms with Crippen molar-refractivity contribution in [2.75, 3.05) is 17.2 Å². The fourth-order valence-corrected chi connectivity index (χ4v) is 4.82. The number of nitrogens with one attached hydrogen (secondary N) is 1. The molecule has 2 aliphatic heterocycles. The number of carbonyl (C=O) groups excluding carboxylic acids is 1. The molecule has 1 amide bonds. The first-order valence-corrected chi connectivity index (χ1v) is 10.3. The Kier molecular flexibility index (Phi) is 4.15. The molecular weight excluding hydrogens is 364 g/mol. The first-order valence-electron chi connectivity index (χ1n) is 8.77. The number of nitrogens with zero attached hydrogens (tertiary/aromatic N) is 2. The van der Waals surface area contributed by atoms with Crippen molar-refractivity contribution in [2.24, 2.45) is 4.99 Å². The van der Waals surface area contributed by atoms with Crippen molar-refractivity contribution in [3.05, 3.63) is 53.6 Å². The van der Waals surface area contributed by atoms with Gasteiger partial charge in [-0.2, -0.15) is 0 Å². The maximum atomic E-state index is 13.0. The van der Waals surface area contributed by atoms with Crippen LogP contribution in [0.1, 0.15) is 24.5 Å². The molecule has 0 aliphatic carbocycles. The van der Waals surface area contributed by atoms with Crippen LogP contribution in [0.2, 0.25) is 0 Å². The van der Waals surface area contributed by atoms with Gasteiger partial charge in [0.05, 0.1) is 4.90 Å². The molecule has 140 valence electrons. The van der Waals surface area contributed by atoms with Gasteiger partial charge in [0.15, 0.2) is 0 Å². The molecular formula is C19H20N4O3S. The molecule has 2 heterocycles. The van der Waals surface area contributed by atoms with Crippen molar-refractivity contribution >= 4 is 33.1 Å². The van der Waals surface area contributed by atoms with Gasteiger partial charge in [0.2, 0.25) is 0 Å². The van der Waals surface area contributed by atoms with Gasteiger partial charge in [-0.15, -0.1) is 0 Å². The number of aliphatic imine (C=N–C) groups is 1. The number of carbonyl (C=O) groups is 1. The molecule has 7 nitrogen and oxygen atoms in total. The van der Waals surface area contributed by atoms with Crippen LogP contribution in [0.4, 0.5) is 11.4 Å². The number of amidine groups is 1. The molecule has 2 aliphatic rings. The molecule has 0 aromatic heterocycles. The van der Waals surface area contributed by atoms with Crippen molar-refractivity contribution < 1.29 is 13.2 Å². The van der Waals surface area contributed by atoms with Gasteiger partial charge in [0.25, 0.3) is 15.9 Å². The molecule has 0 spiro atoms. The third kappa shape index (κ3) is 2.95. The average molecular weight is 384 g/mol. The molecule has 2 aromatic rings. The standard InChI is InChI=1S/C19H20N4O3S/c1-12(21-18-14-6-2-3-10-17(14)27(25,26)22-18)19(24)23-11-5-7-13-15(20)8-4-9-16(13)23/h2-4,6,8-10,12H,5,7,11,20H2,1H3,(H,21,22). The van der Waals surface area contributed by atoms with E-state index in [0.717, 1.165) is 24.1 Å². The molecule has 0 bridgehead atoms. The minimum Gasteiger partial charge on any atom is -0.398 e. The molecule has 2 aromatic carbocycles. The summed E-state index contributed by atoms with van der Waals surface area (Å²) >= 11 is 0. The lowest BCUT2D eigenvalue weighted by molar-refractivity contribution is -0.119. The molecule has 27 heavy (non-hydrogen) atoms. The minimum atomic E-state index is -3.63. The number of nitrogen functional groups attached to an aromatic ring is 1. The first-order chi connectivity index (χ1) is 12.9. The Morgan fingerprint density at radius 1 is 1.22 bits per heavy atom. The van der Waals surface area contributed by atoms with Gasteiger partial charge in [0, 0.05) is 23.5 Å². The number of rotatable bonds is 2. The number of amides is 1. The van der Waals surface area contributed by atoms with Crippen LogP contribution in [0.15, 0.2) is 52.4 Å². The summed E-state index contributed by atoms with van der Waals surface area (Å²) in [6.07, 6.45) is 1.66. The molecule has 8 heteroatoms. The molecule has 0 saturated carbocycles. The third-order valence-corrected chi connectivity index (χ3v) is 6.29. The second kappa shape index (κ2) is 6.38. The van der Waals surface area contributed by atoms with E-state index in [-0.39, 0.29) is 16.6 Å². The van der Waals surface area contributed by atoms with Crippen LogP contribution in [0.5, 0.6) is 0 Å². The number of sulfonamides is 1. The van der Waals surface area contributed by atoms with Crippen molar-refractivity contribution in [3.8, 4) is 0 Å². The van der Waals surface area contributed by atoms with Crippen LogP contribution in [-0.4, -0.2) is 32.7 Å². The van der Waals surface area contributed by atoms with E-state index < -0.39 is 16.1 Å². The van der Waals surface area contributed by atoms with Crippen molar-refractivity contribution in [3.63, 3.8) is 0 Å². The van der Waals surface area contributed by atoms with E-state index in [1.807, 2.05) is 18.2 Å². The maximum absolute atomic E-state index is 13.0. The topological polar surface area (TPSA) is 105 Å². The van der Waals surface area contributed by atoms with Crippen LogP contribution in [-0.2, 0) is 21.2 Å². The van der Waals surface area contributed by atoms with Gasteiger partial charge < -0.3 is 10.6 Å². The second-order valence-electron chi connectivity index (χ2n) is 6.69. The fourth-order valence-electron chi connectivity index (χ4n) is 3.58. The predicted molar refractivity (Wildman–Crippen MR) is 104 cm³/mol. The van der Waals surface area contributed by atoms with Gasteiger partial charge >= 0.3 is 0 Å². The molecule has 4 rings (SSSR count). The summed E-state index contributed by atoms with van der Waals surface area (Å²) in [5.41, 5.74) is 9.01. The fraction of sp³-hybridized carbons (Fsp3) is 0.263. The number of hydrogen-bond donors (Lipinski definition) is 2. The Hall–Kier alpha value is -2.87. The number of fused-ring (bicyclic) bond motifs is 2. The molecule has 0 radical (unpaired) electrons. The SMILES string of the molecule is CC(N=C1NS(=O)(=O)c2ccccc21)C(=O)N1CCCc2c(N)cccc21. The van der Waals surface area contributed by atoms with E-state index >= 15 is 0 Å². The summed E-state index contributed by atoms with van der Waals surface area (Å²) in [7, 11) is -3.63. The molecule has 1 unspecified atom stereocenters. The highest BCUT2D eigenvalue weighted by Crippen LogP contribution is 2.32. The van der Waals surface area contributed by atoms with Gasteiger partial charge in [-0.1, -0.05) is 18.2 Å². The molecule has 1 atom stereocenters. The van der Waals surface area contributed by atoms with Crippen LogP contribution in [0, 0.1) is 0 Å². The summed E-state index contributed by atoms with van der Waals surface area (Å²) < 4.78 is 26.9. The van der Waals surface area contributed by atoms with E-state index in [1.165, 1.54) is 6.07 Å². The summed E-state index contributed by atoms with van der Waals surface area (Å²) in [5.74, 6) is 0.0221. The average Bonchev–Trinajstić information content (AvgIpc) is 2.92. The quantitative estimate of drug-likeness (QED) is 0.769.